The first-order valence-electron chi connectivity index (χ1n) is 6.51. The topological polar surface area (TPSA) is 42.4 Å². The largest absolute Gasteiger partial charge is 0.506 e. The molecule has 1 N–H and O–H groups in total. The Morgan fingerprint density at radius 2 is 1.70 bits per heavy atom. The van der Waals surface area contributed by atoms with E-state index in [1.807, 2.05) is 54.6 Å². The van der Waals surface area contributed by atoms with E-state index in [0.29, 0.717) is 12.3 Å². The normalized spacial score (nSPS) is 10.7. The van der Waals surface area contributed by atoms with E-state index in [9.17, 15) is 5.11 Å². The van der Waals surface area contributed by atoms with Gasteiger partial charge in [0, 0.05) is 10.9 Å². The Bertz CT molecular complexity index is 739. The summed E-state index contributed by atoms with van der Waals surface area (Å²) in [4.78, 5) is 4.39. The Morgan fingerprint density at radius 1 is 1.00 bits per heavy atom. The minimum atomic E-state index is 0.208. The Morgan fingerprint density at radius 3 is 2.50 bits per heavy atom. The summed E-state index contributed by atoms with van der Waals surface area (Å²) in [6, 6.07) is 17.3. The highest BCUT2D eigenvalue weighted by Gasteiger charge is 2.12. The highest BCUT2D eigenvalue weighted by Crippen LogP contribution is 2.29. The SMILES string of the molecule is Cc1nc2ccccc2c(COc2ccccc2)c1O. The second kappa shape index (κ2) is 5.21. The molecular weight excluding hydrogens is 250 g/mol. The van der Waals surface area contributed by atoms with Crippen molar-refractivity contribution in [3.05, 3.63) is 65.9 Å². The fraction of sp³-hybridized carbons (Fsp3) is 0.118. The van der Waals surface area contributed by atoms with Gasteiger partial charge in [-0.1, -0.05) is 36.4 Å². The summed E-state index contributed by atoms with van der Waals surface area (Å²) in [6.07, 6.45) is 0. The van der Waals surface area contributed by atoms with Gasteiger partial charge in [0.1, 0.15) is 18.1 Å². The molecule has 3 rings (SSSR count). The quantitative estimate of drug-likeness (QED) is 0.782. The number of aromatic nitrogens is 1. The average Bonchev–Trinajstić information content (AvgIpc) is 2.49. The molecular formula is C17H15NO2. The van der Waals surface area contributed by atoms with E-state index < -0.39 is 0 Å². The predicted molar refractivity (Wildman–Crippen MR) is 78.9 cm³/mol. The van der Waals surface area contributed by atoms with Gasteiger partial charge in [-0.3, -0.25) is 0 Å². The smallest absolute Gasteiger partial charge is 0.144 e. The molecule has 0 aliphatic carbocycles. The first-order valence-corrected chi connectivity index (χ1v) is 6.51. The fourth-order valence-corrected chi connectivity index (χ4v) is 2.22. The summed E-state index contributed by atoms with van der Waals surface area (Å²) in [7, 11) is 0. The van der Waals surface area contributed by atoms with E-state index in [2.05, 4.69) is 4.98 Å². The molecule has 0 radical (unpaired) electrons. The van der Waals surface area contributed by atoms with Crippen LogP contribution in [0.1, 0.15) is 11.3 Å². The standard InChI is InChI=1S/C17H15NO2/c1-12-17(19)15(11-20-13-7-3-2-4-8-13)14-9-5-6-10-16(14)18-12/h2-10,19H,11H2,1H3. The first-order chi connectivity index (χ1) is 9.75. The molecule has 0 fully saturated rings. The van der Waals surface area contributed by atoms with Gasteiger partial charge < -0.3 is 9.84 Å². The molecule has 0 saturated carbocycles. The molecule has 1 aromatic heterocycles. The van der Waals surface area contributed by atoms with E-state index in [1.54, 1.807) is 6.92 Å². The molecule has 3 nitrogen and oxygen atoms in total. The van der Waals surface area contributed by atoms with Crippen LogP contribution in [-0.2, 0) is 6.61 Å². The molecule has 0 bridgehead atoms. The van der Waals surface area contributed by atoms with Crippen LogP contribution >= 0.6 is 0 Å². The molecule has 0 unspecified atom stereocenters. The van der Waals surface area contributed by atoms with E-state index in [0.717, 1.165) is 22.2 Å². The highest BCUT2D eigenvalue weighted by molar-refractivity contribution is 5.84. The van der Waals surface area contributed by atoms with Gasteiger partial charge in [0.25, 0.3) is 0 Å². The van der Waals surface area contributed by atoms with Crippen LogP contribution in [0.2, 0.25) is 0 Å². The van der Waals surface area contributed by atoms with Crippen LogP contribution in [0, 0.1) is 6.92 Å². The van der Waals surface area contributed by atoms with Crippen molar-refractivity contribution in [1.29, 1.82) is 0 Å². The Hall–Kier alpha value is -2.55. The summed E-state index contributed by atoms with van der Waals surface area (Å²) < 4.78 is 5.75. The summed E-state index contributed by atoms with van der Waals surface area (Å²) in [6.45, 7) is 2.12. The van der Waals surface area contributed by atoms with E-state index in [4.69, 9.17) is 4.74 Å². The zero-order chi connectivity index (χ0) is 13.9. The molecule has 3 aromatic rings. The summed E-state index contributed by atoms with van der Waals surface area (Å²) in [5.41, 5.74) is 2.27. The van der Waals surface area contributed by atoms with Gasteiger partial charge in [0.2, 0.25) is 0 Å². The number of aromatic hydroxyl groups is 1. The van der Waals surface area contributed by atoms with Crippen molar-refractivity contribution in [3.8, 4) is 11.5 Å². The zero-order valence-electron chi connectivity index (χ0n) is 11.2. The van der Waals surface area contributed by atoms with Gasteiger partial charge in [-0.2, -0.15) is 0 Å². The van der Waals surface area contributed by atoms with Gasteiger partial charge in [0.15, 0.2) is 0 Å². The number of benzene rings is 2. The third kappa shape index (κ3) is 2.30. The van der Waals surface area contributed by atoms with Crippen LogP contribution < -0.4 is 4.74 Å². The molecule has 0 aliphatic rings. The lowest BCUT2D eigenvalue weighted by Crippen LogP contribution is -1.99. The number of aryl methyl sites for hydroxylation is 1. The van der Waals surface area contributed by atoms with Crippen molar-refractivity contribution in [2.45, 2.75) is 13.5 Å². The van der Waals surface area contributed by atoms with Crippen LogP contribution in [0.15, 0.2) is 54.6 Å². The molecule has 0 aliphatic heterocycles. The van der Waals surface area contributed by atoms with Crippen LogP contribution in [0.3, 0.4) is 0 Å². The van der Waals surface area contributed by atoms with E-state index >= 15 is 0 Å². The van der Waals surface area contributed by atoms with Crippen LogP contribution in [0.5, 0.6) is 11.5 Å². The number of pyridine rings is 1. The molecule has 1 heterocycles. The summed E-state index contributed by atoms with van der Waals surface area (Å²) in [5.74, 6) is 0.991. The predicted octanol–water partition coefficient (Wildman–Crippen LogP) is 3.83. The number of para-hydroxylation sites is 2. The Labute approximate surface area is 117 Å². The van der Waals surface area contributed by atoms with Gasteiger partial charge >= 0.3 is 0 Å². The fourth-order valence-electron chi connectivity index (χ4n) is 2.22. The molecule has 100 valence electrons. The lowest BCUT2D eigenvalue weighted by molar-refractivity contribution is 0.300. The maximum absolute atomic E-state index is 10.2. The summed E-state index contributed by atoms with van der Waals surface area (Å²) >= 11 is 0. The number of hydrogen-bond acceptors (Lipinski definition) is 3. The van der Waals surface area contributed by atoms with Crippen molar-refractivity contribution in [3.63, 3.8) is 0 Å². The second-order valence-electron chi connectivity index (χ2n) is 4.64. The van der Waals surface area contributed by atoms with Crippen molar-refractivity contribution >= 4 is 10.9 Å². The number of rotatable bonds is 3. The maximum atomic E-state index is 10.2. The maximum Gasteiger partial charge on any atom is 0.144 e. The van der Waals surface area contributed by atoms with Crippen molar-refractivity contribution in [2.75, 3.05) is 0 Å². The number of fused-ring (bicyclic) bond motifs is 1. The number of hydrogen-bond donors (Lipinski definition) is 1. The minimum absolute atomic E-state index is 0.208. The van der Waals surface area contributed by atoms with Crippen molar-refractivity contribution in [1.82, 2.24) is 4.98 Å². The molecule has 0 atom stereocenters. The summed E-state index contributed by atoms with van der Waals surface area (Å²) in [5, 5.41) is 11.2. The third-order valence-corrected chi connectivity index (χ3v) is 3.27. The molecule has 2 aromatic carbocycles. The first kappa shape index (κ1) is 12.5. The van der Waals surface area contributed by atoms with Crippen molar-refractivity contribution in [2.24, 2.45) is 0 Å². The van der Waals surface area contributed by atoms with Crippen LogP contribution in [0.25, 0.3) is 10.9 Å². The Kier molecular flexibility index (Phi) is 3.25. The second-order valence-corrected chi connectivity index (χ2v) is 4.64. The molecule has 3 heteroatoms. The van der Waals surface area contributed by atoms with Gasteiger partial charge in [-0.25, -0.2) is 4.98 Å². The lowest BCUT2D eigenvalue weighted by Gasteiger charge is -2.12. The Balaban J connectivity index is 2.00. The molecule has 0 amide bonds. The van der Waals surface area contributed by atoms with Gasteiger partial charge in [-0.15, -0.1) is 0 Å². The van der Waals surface area contributed by atoms with Crippen molar-refractivity contribution < 1.29 is 9.84 Å². The third-order valence-electron chi connectivity index (χ3n) is 3.27. The van der Waals surface area contributed by atoms with Crippen LogP contribution in [0.4, 0.5) is 0 Å². The number of nitrogens with zero attached hydrogens (tertiary/aromatic N) is 1. The lowest BCUT2D eigenvalue weighted by atomic mass is 10.1. The number of ether oxygens (including phenoxy) is 1. The molecule has 0 saturated heterocycles. The van der Waals surface area contributed by atoms with Crippen LogP contribution in [-0.4, -0.2) is 10.1 Å². The van der Waals surface area contributed by atoms with Gasteiger partial charge in [0.05, 0.1) is 11.2 Å². The average molecular weight is 265 g/mol. The highest BCUT2D eigenvalue weighted by atomic mass is 16.5. The minimum Gasteiger partial charge on any atom is -0.506 e. The molecule has 0 spiro atoms. The molecule has 20 heavy (non-hydrogen) atoms. The van der Waals surface area contributed by atoms with E-state index in [1.165, 1.54) is 0 Å². The van der Waals surface area contributed by atoms with E-state index in [-0.39, 0.29) is 5.75 Å². The zero-order valence-corrected chi connectivity index (χ0v) is 11.2. The monoisotopic (exact) mass is 265 g/mol. The van der Waals surface area contributed by atoms with Gasteiger partial charge in [-0.05, 0) is 25.1 Å².